The summed E-state index contributed by atoms with van der Waals surface area (Å²) in [5.74, 6) is 0.229. The van der Waals surface area contributed by atoms with Gasteiger partial charge in [-0.05, 0) is 64.4 Å². The molecule has 8 nitrogen and oxygen atoms in total. The molecule has 1 aliphatic heterocycles. The number of anilines is 2. The van der Waals surface area contributed by atoms with Crippen LogP contribution in [-0.4, -0.2) is 45.9 Å². The van der Waals surface area contributed by atoms with E-state index in [9.17, 15) is 14.9 Å². The van der Waals surface area contributed by atoms with Gasteiger partial charge in [-0.25, -0.2) is 4.98 Å². The highest BCUT2D eigenvalue weighted by Gasteiger charge is 2.27. The number of likely N-dealkylation sites (tertiary alicyclic amines) is 1. The van der Waals surface area contributed by atoms with Crippen LogP contribution in [0.2, 0.25) is 0 Å². The highest BCUT2D eigenvalue weighted by Crippen LogP contribution is 2.30. The first-order valence-corrected chi connectivity index (χ1v) is 12.2. The monoisotopic (exact) mass is 476 g/mol. The van der Waals surface area contributed by atoms with Gasteiger partial charge in [-0.1, -0.05) is 18.2 Å². The van der Waals surface area contributed by atoms with Gasteiger partial charge in [0.2, 0.25) is 11.8 Å². The largest absolute Gasteiger partial charge is 0.310 e. The number of carbonyl (C=O) groups is 2. The average molecular weight is 477 g/mol. The van der Waals surface area contributed by atoms with Crippen molar-refractivity contribution >= 4 is 34.1 Å². The van der Waals surface area contributed by atoms with Crippen molar-refractivity contribution in [2.24, 2.45) is 5.92 Å². The third kappa shape index (κ3) is 5.03. The van der Waals surface area contributed by atoms with E-state index in [-0.39, 0.29) is 24.3 Å². The second-order valence-electron chi connectivity index (χ2n) is 8.60. The molecule has 1 fully saturated rings. The van der Waals surface area contributed by atoms with Gasteiger partial charge in [0.1, 0.15) is 11.9 Å². The molecule has 176 valence electrons. The number of rotatable bonds is 6. The highest BCUT2D eigenvalue weighted by molar-refractivity contribution is 7.13. The topological polar surface area (TPSA) is 103 Å². The van der Waals surface area contributed by atoms with E-state index in [1.54, 1.807) is 0 Å². The van der Waals surface area contributed by atoms with Crippen molar-refractivity contribution in [2.45, 2.75) is 33.6 Å². The maximum Gasteiger partial charge on any atom is 0.239 e. The Morgan fingerprint density at radius 2 is 1.85 bits per heavy atom. The van der Waals surface area contributed by atoms with E-state index in [0.717, 1.165) is 22.6 Å². The number of aryl methyl sites for hydroxylation is 1. The smallest absolute Gasteiger partial charge is 0.239 e. The Hall–Kier alpha value is -3.48. The molecule has 1 saturated heterocycles. The summed E-state index contributed by atoms with van der Waals surface area (Å²) in [5, 5.41) is 18.2. The van der Waals surface area contributed by atoms with Gasteiger partial charge >= 0.3 is 0 Å². The Bertz CT molecular complexity index is 1230. The molecule has 1 aliphatic rings. The maximum atomic E-state index is 13.0. The number of hydrogen-bond acceptors (Lipinski definition) is 6. The number of amides is 2. The number of nitriles is 1. The zero-order chi connectivity index (χ0) is 24.2. The average Bonchev–Trinajstić information content (AvgIpc) is 3.34. The summed E-state index contributed by atoms with van der Waals surface area (Å²) in [4.78, 5) is 31.8. The van der Waals surface area contributed by atoms with E-state index in [1.165, 1.54) is 11.3 Å². The number of hydrogen-bond donors (Lipinski definition) is 2. The number of para-hydroxylation sites is 1. The molecule has 0 aliphatic carbocycles. The van der Waals surface area contributed by atoms with Gasteiger partial charge in [0, 0.05) is 22.7 Å². The Balaban J connectivity index is 1.38. The molecule has 4 rings (SSSR count). The maximum absolute atomic E-state index is 13.0. The van der Waals surface area contributed by atoms with Crippen LogP contribution in [-0.2, 0) is 9.59 Å². The lowest BCUT2D eigenvalue weighted by molar-refractivity contribution is -0.121. The van der Waals surface area contributed by atoms with Crippen LogP contribution in [0.25, 0.3) is 5.69 Å². The molecule has 0 bridgehead atoms. The highest BCUT2D eigenvalue weighted by atomic mass is 32.1. The SMILES string of the molecule is Cc1csc(NC(=O)C2CCN(CC(=O)Nc3c(C#N)c(C)c(C)n3-c3ccccc3)CC2)n1. The third-order valence-corrected chi connectivity index (χ3v) is 7.15. The number of thiazole rings is 1. The molecule has 0 radical (unpaired) electrons. The number of nitrogens with one attached hydrogen (secondary N) is 2. The summed E-state index contributed by atoms with van der Waals surface area (Å²) in [6, 6.07) is 11.9. The number of piperidine rings is 1. The Kier molecular flexibility index (Phi) is 7.10. The van der Waals surface area contributed by atoms with Crippen LogP contribution in [0.1, 0.15) is 35.4 Å². The number of nitrogens with zero attached hydrogens (tertiary/aromatic N) is 4. The summed E-state index contributed by atoms with van der Waals surface area (Å²) in [6.45, 7) is 7.27. The lowest BCUT2D eigenvalue weighted by Crippen LogP contribution is -2.42. The first kappa shape index (κ1) is 23.7. The van der Waals surface area contributed by atoms with E-state index < -0.39 is 0 Å². The van der Waals surface area contributed by atoms with Gasteiger partial charge < -0.3 is 10.6 Å². The van der Waals surface area contributed by atoms with Gasteiger partial charge in [0.25, 0.3) is 0 Å². The number of benzene rings is 1. The van der Waals surface area contributed by atoms with E-state index in [2.05, 4.69) is 21.7 Å². The van der Waals surface area contributed by atoms with Crippen molar-refractivity contribution in [2.75, 3.05) is 30.3 Å². The molecular weight excluding hydrogens is 448 g/mol. The molecule has 9 heteroatoms. The van der Waals surface area contributed by atoms with Crippen LogP contribution >= 0.6 is 11.3 Å². The lowest BCUT2D eigenvalue weighted by atomic mass is 9.96. The van der Waals surface area contributed by atoms with Crippen molar-refractivity contribution in [1.29, 1.82) is 5.26 Å². The van der Waals surface area contributed by atoms with Gasteiger partial charge in [-0.2, -0.15) is 5.26 Å². The number of carbonyl (C=O) groups excluding carboxylic acids is 2. The van der Waals surface area contributed by atoms with E-state index in [1.807, 2.05) is 66.0 Å². The third-order valence-electron chi connectivity index (χ3n) is 6.27. The number of aromatic nitrogens is 2. The molecule has 1 aromatic carbocycles. The lowest BCUT2D eigenvalue weighted by Gasteiger charge is -2.30. The molecule has 0 saturated carbocycles. The van der Waals surface area contributed by atoms with E-state index in [0.29, 0.717) is 42.4 Å². The van der Waals surface area contributed by atoms with Gasteiger partial charge in [-0.15, -0.1) is 11.3 Å². The Morgan fingerprint density at radius 1 is 1.15 bits per heavy atom. The molecule has 0 atom stereocenters. The zero-order valence-electron chi connectivity index (χ0n) is 19.6. The normalized spacial score (nSPS) is 14.5. The summed E-state index contributed by atoms with van der Waals surface area (Å²) in [5.41, 5.74) is 4.03. The van der Waals surface area contributed by atoms with Crippen LogP contribution in [0.5, 0.6) is 0 Å². The van der Waals surface area contributed by atoms with Gasteiger partial charge in [0.05, 0.1) is 17.8 Å². The Labute approximate surface area is 203 Å². The molecule has 0 unspecified atom stereocenters. The van der Waals surface area contributed by atoms with Crippen molar-refractivity contribution in [3.63, 3.8) is 0 Å². The minimum atomic E-state index is -0.174. The molecule has 2 aromatic heterocycles. The van der Waals surface area contributed by atoms with Crippen LogP contribution in [0.3, 0.4) is 0 Å². The molecular formula is C25H28N6O2S. The Morgan fingerprint density at radius 3 is 2.47 bits per heavy atom. The standard InChI is InChI=1S/C25H28N6O2S/c1-16-15-34-25(27-16)29-24(33)19-9-11-30(12-10-19)14-22(32)28-23-21(13-26)17(2)18(3)31(23)20-7-5-4-6-8-20/h4-8,15,19H,9-12,14H2,1-3H3,(H,28,32)(H,27,29,33). The van der Waals surface area contributed by atoms with Crippen molar-refractivity contribution < 1.29 is 9.59 Å². The first-order valence-electron chi connectivity index (χ1n) is 11.3. The van der Waals surface area contributed by atoms with Crippen molar-refractivity contribution in [3.8, 4) is 11.8 Å². The minimum absolute atomic E-state index is 0.0104. The second-order valence-corrected chi connectivity index (χ2v) is 9.46. The molecule has 34 heavy (non-hydrogen) atoms. The fourth-order valence-electron chi connectivity index (χ4n) is 4.31. The van der Waals surface area contributed by atoms with Crippen LogP contribution in [0, 0.1) is 38.0 Å². The quantitative estimate of drug-likeness (QED) is 0.559. The fraction of sp³-hybridized carbons (Fsp3) is 0.360. The van der Waals surface area contributed by atoms with E-state index >= 15 is 0 Å². The summed E-state index contributed by atoms with van der Waals surface area (Å²) in [6.07, 6.45) is 1.37. The summed E-state index contributed by atoms with van der Waals surface area (Å²) < 4.78 is 1.92. The zero-order valence-corrected chi connectivity index (χ0v) is 20.4. The van der Waals surface area contributed by atoms with Crippen molar-refractivity contribution in [3.05, 3.63) is 58.2 Å². The predicted molar refractivity (Wildman–Crippen MR) is 133 cm³/mol. The predicted octanol–water partition coefficient (Wildman–Crippen LogP) is 4.02. The molecule has 2 amide bonds. The summed E-state index contributed by atoms with van der Waals surface area (Å²) in [7, 11) is 0. The van der Waals surface area contributed by atoms with Crippen molar-refractivity contribution in [1.82, 2.24) is 14.5 Å². The van der Waals surface area contributed by atoms with Crippen LogP contribution in [0.4, 0.5) is 10.9 Å². The van der Waals surface area contributed by atoms with Crippen LogP contribution in [0.15, 0.2) is 35.7 Å². The fourth-order valence-corrected chi connectivity index (χ4v) is 5.00. The molecule has 3 heterocycles. The molecule has 0 spiro atoms. The second kappa shape index (κ2) is 10.2. The van der Waals surface area contributed by atoms with Gasteiger partial charge in [-0.3, -0.25) is 19.1 Å². The minimum Gasteiger partial charge on any atom is -0.310 e. The molecule has 2 N–H and O–H groups in total. The van der Waals surface area contributed by atoms with Gasteiger partial charge in [0.15, 0.2) is 5.13 Å². The molecule has 3 aromatic rings. The first-order chi connectivity index (χ1) is 16.4. The van der Waals surface area contributed by atoms with E-state index in [4.69, 9.17) is 0 Å². The van der Waals surface area contributed by atoms with Crippen LogP contribution < -0.4 is 10.6 Å². The summed E-state index contributed by atoms with van der Waals surface area (Å²) >= 11 is 1.43.